The molecule has 2 atom stereocenters. The van der Waals surface area contributed by atoms with E-state index in [2.05, 4.69) is 4.98 Å². The first-order valence-corrected chi connectivity index (χ1v) is 5.02. The van der Waals surface area contributed by atoms with Crippen molar-refractivity contribution in [3.8, 4) is 0 Å². The van der Waals surface area contributed by atoms with Gasteiger partial charge in [0.1, 0.15) is 0 Å². The zero-order valence-corrected chi connectivity index (χ0v) is 8.00. The fourth-order valence-electron chi connectivity index (χ4n) is 1.63. The van der Waals surface area contributed by atoms with Gasteiger partial charge in [0, 0.05) is 18.8 Å². The Hall–Kier alpha value is -0.930. The summed E-state index contributed by atoms with van der Waals surface area (Å²) in [7, 11) is 0. The molecule has 3 nitrogen and oxygen atoms in total. The highest BCUT2D eigenvalue weighted by molar-refractivity contribution is 5.10. The molecule has 0 aliphatic heterocycles. The summed E-state index contributed by atoms with van der Waals surface area (Å²) in [5.74, 6) is 0.321. The Morgan fingerprint density at radius 1 is 1.43 bits per heavy atom. The first-order chi connectivity index (χ1) is 6.77. The summed E-state index contributed by atoms with van der Waals surface area (Å²) in [6.45, 7) is 0. The minimum Gasteiger partial charge on any atom is -0.390 e. The number of hydrogen-bond acceptors (Lipinski definition) is 3. The van der Waals surface area contributed by atoms with Crippen LogP contribution in [0.5, 0.6) is 0 Å². The lowest BCUT2D eigenvalue weighted by atomic mass is 10.0. The molecule has 14 heavy (non-hydrogen) atoms. The van der Waals surface area contributed by atoms with E-state index < -0.39 is 12.2 Å². The molecule has 0 amide bonds. The first kappa shape index (κ1) is 9.62. The molecular weight excluding hydrogens is 178 g/mol. The van der Waals surface area contributed by atoms with Gasteiger partial charge in [0.25, 0.3) is 0 Å². The molecule has 76 valence electrons. The van der Waals surface area contributed by atoms with Crippen LogP contribution in [0.1, 0.15) is 18.4 Å². The fraction of sp³-hybridized carbons (Fsp3) is 0.545. The molecule has 0 aromatic carbocycles. The van der Waals surface area contributed by atoms with E-state index in [1.165, 1.54) is 0 Å². The van der Waals surface area contributed by atoms with Crippen molar-refractivity contribution in [2.75, 3.05) is 0 Å². The summed E-state index contributed by atoms with van der Waals surface area (Å²) < 4.78 is 0. The molecule has 2 unspecified atom stereocenters. The molecule has 1 heterocycles. The standard InChI is InChI=1S/C11H15NO2/c13-10(11(14)9-3-4-9)6-8-2-1-5-12-7-8/h1-2,5,7,9-11,13-14H,3-4,6H2. The zero-order chi connectivity index (χ0) is 9.97. The van der Waals surface area contributed by atoms with Crippen LogP contribution in [-0.4, -0.2) is 27.4 Å². The van der Waals surface area contributed by atoms with Crippen LogP contribution in [0.4, 0.5) is 0 Å². The van der Waals surface area contributed by atoms with Crippen molar-refractivity contribution in [1.29, 1.82) is 0 Å². The average molecular weight is 193 g/mol. The Kier molecular flexibility index (Phi) is 2.79. The Morgan fingerprint density at radius 2 is 2.21 bits per heavy atom. The second-order valence-electron chi connectivity index (χ2n) is 3.96. The van der Waals surface area contributed by atoms with E-state index in [-0.39, 0.29) is 0 Å². The van der Waals surface area contributed by atoms with Crippen molar-refractivity contribution in [2.24, 2.45) is 5.92 Å². The Morgan fingerprint density at radius 3 is 2.79 bits per heavy atom. The molecule has 0 saturated heterocycles. The first-order valence-electron chi connectivity index (χ1n) is 5.02. The van der Waals surface area contributed by atoms with Gasteiger partial charge >= 0.3 is 0 Å². The molecule has 3 heteroatoms. The minimum atomic E-state index is -0.647. The van der Waals surface area contributed by atoms with Gasteiger partial charge < -0.3 is 10.2 Å². The number of aliphatic hydroxyl groups is 2. The lowest BCUT2D eigenvalue weighted by Crippen LogP contribution is -2.29. The zero-order valence-electron chi connectivity index (χ0n) is 8.00. The maximum absolute atomic E-state index is 9.70. The van der Waals surface area contributed by atoms with E-state index >= 15 is 0 Å². The number of rotatable bonds is 4. The van der Waals surface area contributed by atoms with E-state index in [0.717, 1.165) is 18.4 Å². The summed E-state index contributed by atoms with van der Waals surface area (Å²) in [6.07, 6.45) is 4.81. The molecule has 2 N–H and O–H groups in total. The van der Waals surface area contributed by atoms with Gasteiger partial charge in [-0.05, 0) is 30.4 Å². The summed E-state index contributed by atoms with van der Waals surface area (Å²) in [5.41, 5.74) is 0.972. The van der Waals surface area contributed by atoms with Crippen LogP contribution in [0.15, 0.2) is 24.5 Å². The van der Waals surface area contributed by atoms with Crippen LogP contribution in [0.2, 0.25) is 0 Å². The van der Waals surface area contributed by atoms with Crippen molar-refractivity contribution >= 4 is 0 Å². The maximum Gasteiger partial charge on any atom is 0.0842 e. The average Bonchev–Trinajstić information content (AvgIpc) is 3.01. The highest BCUT2D eigenvalue weighted by Gasteiger charge is 2.34. The number of aliphatic hydroxyl groups excluding tert-OH is 2. The van der Waals surface area contributed by atoms with Crippen molar-refractivity contribution < 1.29 is 10.2 Å². The van der Waals surface area contributed by atoms with Crippen molar-refractivity contribution in [2.45, 2.75) is 31.5 Å². The second kappa shape index (κ2) is 4.07. The fourth-order valence-corrected chi connectivity index (χ4v) is 1.63. The molecule has 1 fully saturated rings. The van der Waals surface area contributed by atoms with E-state index in [1.54, 1.807) is 12.4 Å². The van der Waals surface area contributed by atoms with Crippen LogP contribution in [0.25, 0.3) is 0 Å². The van der Waals surface area contributed by atoms with Gasteiger partial charge in [-0.25, -0.2) is 0 Å². The van der Waals surface area contributed by atoms with Gasteiger partial charge in [0.05, 0.1) is 12.2 Å². The van der Waals surface area contributed by atoms with Gasteiger partial charge in [-0.3, -0.25) is 4.98 Å². The third-order valence-corrected chi connectivity index (χ3v) is 2.67. The smallest absolute Gasteiger partial charge is 0.0842 e. The monoisotopic (exact) mass is 193 g/mol. The highest BCUT2D eigenvalue weighted by Crippen LogP contribution is 2.34. The Balaban J connectivity index is 1.90. The minimum absolute atomic E-state index is 0.321. The van der Waals surface area contributed by atoms with E-state index in [9.17, 15) is 10.2 Å². The molecular formula is C11H15NO2. The van der Waals surface area contributed by atoms with Crippen LogP contribution in [-0.2, 0) is 6.42 Å². The van der Waals surface area contributed by atoms with Crippen LogP contribution in [0.3, 0.4) is 0 Å². The highest BCUT2D eigenvalue weighted by atomic mass is 16.3. The molecule has 0 radical (unpaired) electrons. The third kappa shape index (κ3) is 2.30. The lowest BCUT2D eigenvalue weighted by Gasteiger charge is -2.16. The number of nitrogens with zero attached hydrogens (tertiary/aromatic N) is 1. The predicted octanol–water partition coefficient (Wildman–Crippen LogP) is 0.756. The second-order valence-corrected chi connectivity index (χ2v) is 3.96. The number of hydrogen-bond donors (Lipinski definition) is 2. The SMILES string of the molecule is OC(Cc1cccnc1)C(O)C1CC1. The van der Waals surface area contributed by atoms with Crippen molar-refractivity contribution in [3.05, 3.63) is 30.1 Å². The van der Waals surface area contributed by atoms with E-state index in [0.29, 0.717) is 12.3 Å². The topological polar surface area (TPSA) is 53.4 Å². The van der Waals surface area contributed by atoms with Gasteiger partial charge in [-0.15, -0.1) is 0 Å². The van der Waals surface area contributed by atoms with Crippen LogP contribution < -0.4 is 0 Å². The summed E-state index contributed by atoms with van der Waals surface area (Å²) >= 11 is 0. The van der Waals surface area contributed by atoms with Gasteiger partial charge in [0.2, 0.25) is 0 Å². The van der Waals surface area contributed by atoms with Gasteiger partial charge in [0.15, 0.2) is 0 Å². The Labute approximate surface area is 83.4 Å². The summed E-state index contributed by atoms with van der Waals surface area (Å²) in [5, 5.41) is 19.4. The summed E-state index contributed by atoms with van der Waals surface area (Å²) in [4.78, 5) is 3.96. The summed E-state index contributed by atoms with van der Waals surface area (Å²) in [6, 6.07) is 3.75. The van der Waals surface area contributed by atoms with Gasteiger partial charge in [-0.2, -0.15) is 0 Å². The molecule has 1 aromatic rings. The van der Waals surface area contributed by atoms with Crippen LogP contribution >= 0.6 is 0 Å². The maximum atomic E-state index is 9.70. The van der Waals surface area contributed by atoms with Crippen molar-refractivity contribution in [3.63, 3.8) is 0 Å². The molecule has 2 rings (SSSR count). The molecule has 1 aromatic heterocycles. The normalized spacial score (nSPS) is 20.4. The van der Waals surface area contributed by atoms with E-state index in [1.807, 2.05) is 12.1 Å². The third-order valence-electron chi connectivity index (χ3n) is 2.67. The van der Waals surface area contributed by atoms with Crippen molar-refractivity contribution in [1.82, 2.24) is 4.98 Å². The molecule has 0 bridgehead atoms. The largest absolute Gasteiger partial charge is 0.390 e. The number of aromatic nitrogens is 1. The van der Waals surface area contributed by atoms with E-state index in [4.69, 9.17) is 0 Å². The Bertz CT molecular complexity index is 285. The number of pyridine rings is 1. The molecule has 1 aliphatic rings. The lowest BCUT2D eigenvalue weighted by molar-refractivity contribution is 0.00669. The predicted molar refractivity (Wildman–Crippen MR) is 52.7 cm³/mol. The molecule has 0 spiro atoms. The quantitative estimate of drug-likeness (QED) is 0.742. The van der Waals surface area contributed by atoms with Gasteiger partial charge in [-0.1, -0.05) is 6.07 Å². The molecule has 1 aliphatic carbocycles. The molecule has 1 saturated carbocycles. The van der Waals surface area contributed by atoms with Crippen LogP contribution in [0, 0.1) is 5.92 Å².